The second-order valence-electron chi connectivity index (χ2n) is 3.12. The lowest BCUT2D eigenvalue weighted by molar-refractivity contribution is 0.980. The van der Waals surface area contributed by atoms with Crippen LogP contribution in [0.2, 0.25) is 5.02 Å². The van der Waals surface area contributed by atoms with E-state index in [1.807, 2.05) is 30.9 Å². The highest BCUT2D eigenvalue weighted by Crippen LogP contribution is 2.25. The first kappa shape index (κ1) is 11.5. The Hall–Kier alpha value is -0.540. The molecule has 2 nitrogen and oxygen atoms in total. The van der Waals surface area contributed by atoms with Crippen molar-refractivity contribution in [3.05, 3.63) is 23.2 Å². The molecule has 4 heteroatoms. The molecule has 0 amide bonds. The summed E-state index contributed by atoms with van der Waals surface area (Å²) in [7, 11) is 2.04. The van der Waals surface area contributed by atoms with E-state index in [2.05, 4.69) is 11.2 Å². The Bertz CT molecular complexity index is 304. The van der Waals surface area contributed by atoms with Crippen molar-refractivity contribution in [2.45, 2.75) is 0 Å². The van der Waals surface area contributed by atoms with E-state index in [9.17, 15) is 0 Å². The molecule has 0 unspecified atom stereocenters. The van der Waals surface area contributed by atoms with Crippen molar-refractivity contribution in [2.24, 2.45) is 0 Å². The van der Waals surface area contributed by atoms with Crippen LogP contribution in [0.25, 0.3) is 0 Å². The molecular weight excluding hydrogens is 216 g/mol. The van der Waals surface area contributed by atoms with Gasteiger partial charge in [0.1, 0.15) is 0 Å². The molecule has 0 aliphatic rings. The molecule has 0 aliphatic carbocycles. The van der Waals surface area contributed by atoms with Gasteiger partial charge in [-0.05, 0) is 24.5 Å². The van der Waals surface area contributed by atoms with Crippen LogP contribution in [0.4, 0.5) is 11.4 Å². The first-order valence-corrected chi connectivity index (χ1v) is 6.17. The summed E-state index contributed by atoms with van der Waals surface area (Å²) in [4.78, 5) is 2.14. The van der Waals surface area contributed by atoms with Gasteiger partial charge in [0.25, 0.3) is 0 Å². The minimum atomic E-state index is 0.685. The molecule has 0 spiro atoms. The summed E-state index contributed by atoms with van der Waals surface area (Å²) >= 11 is 7.65. The van der Waals surface area contributed by atoms with Crippen LogP contribution in [0.15, 0.2) is 18.2 Å². The Morgan fingerprint density at radius 2 is 2.21 bits per heavy atom. The molecule has 0 radical (unpaired) electrons. The molecule has 0 saturated carbocycles. The molecule has 0 heterocycles. The molecule has 0 aromatic heterocycles. The molecule has 1 aromatic rings. The van der Waals surface area contributed by atoms with Crippen molar-refractivity contribution in [1.29, 1.82) is 0 Å². The van der Waals surface area contributed by atoms with E-state index in [1.54, 1.807) is 6.07 Å². The van der Waals surface area contributed by atoms with Crippen molar-refractivity contribution in [3.63, 3.8) is 0 Å². The first-order chi connectivity index (χ1) is 6.65. The number of nitrogens with zero attached hydrogens (tertiary/aromatic N) is 1. The molecular formula is C10H15ClN2S. The van der Waals surface area contributed by atoms with E-state index in [-0.39, 0.29) is 0 Å². The normalized spacial score (nSPS) is 10.2. The zero-order valence-electron chi connectivity index (χ0n) is 8.46. The van der Waals surface area contributed by atoms with Gasteiger partial charge >= 0.3 is 0 Å². The van der Waals surface area contributed by atoms with Crippen LogP contribution in [0, 0.1) is 0 Å². The lowest BCUT2D eigenvalue weighted by Gasteiger charge is -2.20. The van der Waals surface area contributed by atoms with Gasteiger partial charge in [0.05, 0.1) is 11.4 Å². The molecule has 78 valence electrons. The fourth-order valence-corrected chi connectivity index (χ4v) is 1.86. The van der Waals surface area contributed by atoms with Gasteiger partial charge in [0.2, 0.25) is 0 Å². The summed E-state index contributed by atoms with van der Waals surface area (Å²) in [5.74, 6) is 1.10. The summed E-state index contributed by atoms with van der Waals surface area (Å²) in [6, 6.07) is 5.60. The van der Waals surface area contributed by atoms with Crippen molar-refractivity contribution in [1.82, 2.24) is 0 Å². The minimum absolute atomic E-state index is 0.685. The lowest BCUT2D eigenvalue weighted by atomic mass is 10.2. The highest BCUT2D eigenvalue weighted by molar-refractivity contribution is 7.98. The molecule has 14 heavy (non-hydrogen) atoms. The zero-order valence-corrected chi connectivity index (χ0v) is 10.0. The second kappa shape index (κ2) is 5.37. The quantitative estimate of drug-likeness (QED) is 0.807. The van der Waals surface area contributed by atoms with Crippen LogP contribution in [0.5, 0.6) is 0 Å². The number of rotatable bonds is 4. The van der Waals surface area contributed by atoms with Gasteiger partial charge in [-0.2, -0.15) is 11.8 Å². The van der Waals surface area contributed by atoms with E-state index in [0.29, 0.717) is 5.02 Å². The van der Waals surface area contributed by atoms with E-state index in [1.165, 1.54) is 0 Å². The van der Waals surface area contributed by atoms with Crippen LogP contribution in [0.1, 0.15) is 0 Å². The van der Waals surface area contributed by atoms with Gasteiger partial charge in [-0.15, -0.1) is 0 Å². The van der Waals surface area contributed by atoms with Crippen LogP contribution < -0.4 is 10.6 Å². The molecule has 0 bridgehead atoms. The molecule has 0 atom stereocenters. The van der Waals surface area contributed by atoms with Crippen molar-refractivity contribution in [3.8, 4) is 0 Å². The van der Waals surface area contributed by atoms with Gasteiger partial charge in [-0.25, -0.2) is 0 Å². The number of hydrogen-bond donors (Lipinski definition) is 1. The molecule has 1 aromatic carbocycles. The highest BCUT2D eigenvalue weighted by atomic mass is 35.5. The monoisotopic (exact) mass is 230 g/mol. The number of anilines is 2. The highest BCUT2D eigenvalue weighted by Gasteiger charge is 2.04. The van der Waals surface area contributed by atoms with Crippen LogP contribution >= 0.6 is 23.4 Å². The smallest absolute Gasteiger partial charge is 0.0598 e. The number of nitrogens with two attached hydrogens (primary N) is 1. The number of halogens is 1. The third kappa shape index (κ3) is 3.00. The van der Waals surface area contributed by atoms with Crippen LogP contribution in [0.3, 0.4) is 0 Å². The maximum Gasteiger partial charge on any atom is 0.0598 e. The number of thioether (sulfide) groups is 1. The molecule has 2 N–H and O–H groups in total. The Balaban J connectivity index is 2.74. The minimum Gasteiger partial charge on any atom is -0.397 e. The summed E-state index contributed by atoms with van der Waals surface area (Å²) < 4.78 is 0. The largest absolute Gasteiger partial charge is 0.397 e. The third-order valence-corrected chi connectivity index (χ3v) is 2.86. The second-order valence-corrected chi connectivity index (χ2v) is 4.54. The average molecular weight is 231 g/mol. The SMILES string of the molecule is CSCCN(C)c1ccc(Cl)cc1N. The predicted molar refractivity (Wildman–Crippen MR) is 67.5 cm³/mol. The predicted octanol–water partition coefficient (Wildman–Crippen LogP) is 2.72. The maximum atomic E-state index is 5.86. The number of benzene rings is 1. The summed E-state index contributed by atoms with van der Waals surface area (Å²) in [5, 5.41) is 0.685. The number of nitrogen functional groups attached to an aromatic ring is 1. The van der Waals surface area contributed by atoms with E-state index >= 15 is 0 Å². The average Bonchev–Trinajstić information content (AvgIpc) is 2.14. The van der Waals surface area contributed by atoms with E-state index in [4.69, 9.17) is 17.3 Å². The molecule has 1 rings (SSSR count). The third-order valence-electron chi connectivity index (χ3n) is 2.03. The van der Waals surface area contributed by atoms with Crippen LogP contribution in [-0.2, 0) is 0 Å². The fraction of sp³-hybridized carbons (Fsp3) is 0.400. The Morgan fingerprint density at radius 1 is 1.50 bits per heavy atom. The zero-order chi connectivity index (χ0) is 10.6. The van der Waals surface area contributed by atoms with Gasteiger partial charge < -0.3 is 10.6 Å². The molecule has 0 saturated heterocycles. The van der Waals surface area contributed by atoms with E-state index < -0.39 is 0 Å². The Kier molecular flexibility index (Phi) is 4.42. The first-order valence-electron chi connectivity index (χ1n) is 4.40. The molecule has 0 aliphatic heterocycles. The molecule has 0 fully saturated rings. The number of hydrogen-bond acceptors (Lipinski definition) is 3. The standard InChI is InChI=1S/C10H15ClN2S/c1-13(5-6-14-2)10-4-3-8(11)7-9(10)12/h3-4,7H,5-6,12H2,1-2H3. The van der Waals surface area contributed by atoms with Crippen molar-refractivity contribution < 1.29 is 0 Å². The van der Waals surface area contributed by atoms with Gasteiger partial charge in [0.15, 0.2) is 0 Å². The Labute approximate surface area is 94.4 Å². The van der Waals surface area contributed by atoms with Gasteiger partial charge in [-0.1, -0.05) is 11.6 Å². The fourth-order valence-electron chi connectivity index (χ4n) is 1.22. The van der Waals surface area contributed by atoms with E-state index in [0.717, 1.165) is 23.7 Å². The topological polar surface area (TPSA) is 29.3 Å². The summed E-state index contributed by atoms with van der Waals surface area (Å²) in [6.45, 7) is 0.993. The Morgan fingerprint density at radius 3 is 2.79 bits per heavy atom. The van der Waals surface area contributed by atoms with Crippen molar-refractivity contribution >= 4 is 34.7 Å². The van der Waals surface area contributed by atoms with Gasteiger partial charge in [0, 0.05) is 24.4 Å². The maximum absolute atomic E-state index is 5.86. The summed E-state index contributed by atoms with van der Waals surface area (Å²) in [5.41, 5.74) is 7.64. The van der Waals surface area contributed by atoms with Gasteiger partial charge in [-0.3, -0.25) is 0 Å². The summed E-state index contributed by atoms with van der Waals surface area (Å²) in [6.07, 6.45) is 2.10. The van der Waals surface area contributed by atoms with Crippen LogP contribution in [-0.4, -0.2) is 25.6 Å². The lowest BCUT2D eigenvalue weighted by Crippen LogP contribution is -2.21. The van der Waals surface area contributed by atoms with Crippen molar-refractivity contribution in [2.75, 3.05) is 36.2 Å².